The third kappa shape index (κ3) is 2.86. The molecule has 0 amide bonds. The van der Waals surface area contributed by atoms with E-state index in [2.05, 4.69) is 9.97 Å². The lowest BCUT2D eigenvalue weighted by Crippen LogP contribution is -2.08. The maximum absolute atomic E-state index is 13.3. The van der Waals surface area contributed by atoms with Crippen molar-refractivity contribution in [2.75, 3.05) is 0 Å². The zero-order chi connectivity index (χ0) is 14.8. The van der Waals surface area contributed by atoms with E-state index in [1.54, 1.807) is 12.1 Å². The van der Waals surface area contributed by atoms with Gasteiger partial charge in [0.25, 0.3) is 5.56 Å². The Morgan fingerprint density at radius 3 is 2.19 bits per heavy atom. The first-order chi connectivity index (χ1) is 10.1. The van der Waals surface area contributed by atoms with Gasteiger partial charge < -0.3 is 4.98 Å². The monoisotopic (exact) mass is 284 g/mol. The first kappa shape index (κ1) is 13.2. The van der Waals surface area contributed by atoms with E-state index >= 15 is 0 Å². The fourth-order valence-corrected chi connectivity index (χ4v) is 2.04. The molecule has 0 saturated carbocycles. The van der Waals surface area contributed by atoms with Gasteiger partial charge in [-0.25, -0.2) is 13.8 Å². The molecular weight excluding hydrogens is 274 g/mol. The minimum atomic E-state index is -0.724. The fraction of sp³-hybridized carbons (Fsp3) is 0. The van der Waals surface area contributed by atoms with E-state index in [1.165, 1.54) is 6.07 Å². The highest BCUT2D eigenvalue weighted by Gasteiger charge is 2.08. The van der Waals surface area contributed by atoms with E-state index in [9.17, 15) is 13.6 Å². The number of halogens is 2. The molecule has 0 bridgehead atoms. The molecule has 0 saturated heterocycles. The number of hydrogen-bond donors (Lipinski definition) is 1. The maximum Gasteiger partial charge on any atom is 0.251 e. The third-order valence-electron chi connectivity index (χ3n) is 2.95. The van der Waals surface area contributed by atoms with Crippen molar-refractivity contribution in [3.05, 3.63) is 76.6 Å². The number of aromatic nitrogens is 2. The number of aromatic amines is 1. The Balaban J connectivity index is 2.16. The second kappa shape index (κ2) is 5.28. The van der Waals surface area contributed by atoms with Crippen molar-refractivity contribution in [2.24, 2.45) is 0 Å². The standard InChI is InChI=1S/C16H10F2N2O/c17-12-6-11(7-13(18)8-12)16-19-14(9-15(21)20-16)10-4-2-1-3-5-10/h1-9H,(H,19,20,21). The lowest BCUT2D eigenvalue weighted by molar-refractivity contribution is 0.584. The van der Waals surface area contributed by atoms with Crippen LogP contribution in [-0.4, -0.2) is 9.97 Å². The number of benzene rings is 2. The van der Waals surface area contributed by atoms with Gasteiger partial charge in [0.1, 0.15) is 17.5 Å². The van der Waals surface area contributed by atoms with Gasteiger partial charge in [0.15, 0.2) is 0 Å². The van der Waals surface area contributed by atoms with Gasteiger partial charge in [0, 0.05) is 23.3 Å². The van der Waals surface area contributed by atoms with Crippen LogP contribution in [0.1, 0.15) is 0 Å². The smallest absolute Gasteiger partial charge is 0.251 e. The average Bonchev–Trinajstić information content (AvgIpc) is 2.46. The Morgan fingerprint density at radius 1 is 0.857 bits per heavy atom. The van der Waals surface area contributed by atoms with Crippen LogP contribution in [0.2, 0.25) is 0 Å². The van der Waals surface area contributed by atoms with E-state index in [0.717, 1.165) is 23.8 Å². The number of nitrogens with one attached hydrogen (secondary N) is 1. The number of H-pyrrole nitrogens is 1. The minimum absolute atomic E-state index is 0.125. The van der Waals surface area contributed by atoms with Crippen molar-refractivity contribution in [3.8, 4) is 22.6 Å². The Hall–Kier alpha value is -2.82. The average molecular weight is 284 g/mol. The Kier molecular flexibility index (Phi) is 3.31. The van der Waals surface area contributed by atoms with Gasteiger partial charge in [0.05, 0.1) is 5.69 Å². The molecule has 0 aliphatic rings. The van der Waals surface area contributed by atoms with Gasteiger partial charge in [0.2, 0.25) is 0 Å². The molecule has 3 aromatic rings. The summed E-state index contributed by atoms with van der Waals surface area (Å²) in [6.45, 7) is 0. The molecule has 21 heavy (non-hydrogen) atoms. The van der Waals surface area contributed by atoms with Gasteiger partial charge in [-0.3, -0.25) is 4.79 Å². The number of nitrogens with zero attached hydrogens (tertiary/aromatic N) is 1. The summed E-state index contributed by atoms with van der Waals surface area (Å²) in [5, 5.41) is 0. The molecule has 0 unspecified atom stereocenters. The second-order valence-electron chi connectivity index (χ2n) is 4.50. The van der Waals surface area contributed by atoms with Gasteiger partial charge in [-0.2, -0.15) is 0 Å². The predicted octanol–water partition coefficient (Wildman–Crippen LogP) is 3.38. The van der Waals surface area contributed by atoms with Crippen molar-refractivity contribution in [2.45, 2.75) is 0 Å². The lowest BCUT2D eigenvalue weighted by atomic mass is 10.1. The summed E-state index contributed by atoms with van der Waals surface area (Å²) in [6.07, 6.45) is 0. The zero-order valence-electron chi connectivity index (χ0n) is 10.8. The maximum atomic E-state index is 13.3. The van der Waals surface area contributed by atoms with Gasteiger partial charge in [-0.15, -0.1) is 0 Å². The largest absolute Gasteiger partial charge is 0.306 e. The van der Waals surface area contributed by atoms with Gasteiger partial charge >= 0.3 is 0 Å². The summed E-state index contributed by atoms with van der Waals surface area (Å²) < 4.78 is 26.6. The summed E-state index contributed by atoms with van der Waals surface area (Å²) in [5.41, 5.74) is 0.992. The van der Waals surface area contributed by atoms with Gasteiger partial charge in [-0.05, 0) is 12.1 Å². The van der Waals surface area contributed by atoms with Crippen LogP contribution in [0.15, 0.2) is 59.4 Å². The molecule has 0 spiro atoms. The molecule has 0 aliphatic carbocycles. The summed E-state index contributed by atoms with van der Waals surface area (Å²) >= 11 is 0. The Morgan fingerprint density at radius 2 is 1.52 bits per heavy atom. The van der Waals surface area contributed by atoms with Gasteiger partial charge in [-0.1, -0.05) is 30.3 Å². The summed E-state index contributed by atoms with van der Waals surface area (Å²) in [5.74, 6) is -1.32. The van der Waals surface area contributed by atoms with E-state index in [-0.39, 0.29) is 16.9 Å². The minimum Gasteiger partial charge on any atom is -0.306 e. The molecule has 1 N–H and O–H groups in total. The van der Waals surface area contributed by atoms with E-state index < -0.39 is 11.6 Å². The molecule has 1 heterocycles. The highest BCUT2D eigenvalue weighted by atomic mass is 19.1. The second-order valence-corrected chi connectivity index (χ2v) is 4.50. The predicted molar refractivity (Wildman–Crippen MR) is 75.6 cm³/mol. The molecule has 0 atom stereocenters. The molecular formula is C16H10F2N2O. The molecule has 104 valence electrons. The van der Waals surface area contributed by atoms with Crippen LogP contribution in [-0.2, 0) is 0 Å². The van der Waals surface area contributed by atoms with Crippen molar-refractivity contribution < 1.29 is 8.78 Å². The van der Waals surface area contributed by atoms with Crippen molar-refractivity contribution in [3.63, 3.8) is 0 Å². The molecule has 5 heteroatoms. The molecule has 0 radical (unpaired) electrons. The number of rotatable bonds is 2. The topological polar surface area (TPSA) is 45.8 Å². The molecule has 1 aromatic heterocycles. The quantitative estimate of drug-likeness (QED) is 0.784. The lowest BCUT2D eigenvalue weighted by Gasteiger charge is -2.05. The van der Waals surface area contributed by atoms with Crippen LogP contribution >= 0.6 is 0 Å². The van der Waals surface area contributed by atoms with Crippen LogP contribution in [0.25, 0.3) is 22.6 Å². The summed E-state index contributed by atoms with van der Waals surface area (Å²) in [6, 6.07) is 13.4. The first-order valence-electron chi connectivity index (χ1n) is 6.25. The molecule has 0 fully saturated rings. The molecule has 3 rings (SSSR count). The van der Waals surface area contributed by atoms with Crippen molar-refractivity contribution >= 4 is 0 Å². The Bertz CT molecular complexity index is 824. The third-order valence-corrected chi connectivity index (χ3v) is 2.95. The number of hydrogen-bond acceptors (Lipinski definition) is 2. The van der Waals surface area contributed by atoms with E-state index in [4.69, 9.17) is 0 Å². The van der Waals surface area contributed by atoms with Crippen molar-refractivity contribution in [1.29, 1.82) is 0 Å². The Labute approximate surface area is 118 Å². The van der Waals surface area contributed by atoms with E-state index in [1.807, 2.05) is 18.2 Å². The van der Waals surface area contributed by atoms with Crippen LogP contribution in [0, 0.1) is 11.6 Å². The highest BCUT2D eigenvalue weighted by Crippen LogP contribution is 2.20. The van der Waals surface area contributed by atoms with Crippen LogP contribution < -0.4 is 5.56 Å². The van der Waals surface area contributed by atoms with Crippen LogP contribution in [0.4, 0.5) is 8.78 Å². The summed E-state index contributed by atoms with van der Waals surface area (Å²) in [4.78, 5) is 18.5. The van der Waals surface area contributed by atoms with Crippen LogP contribution in [0.5, 0.6) is 0 Å². The molecule has 0 aliphatic heterocycles. The zero-order valence-corrected chi connectivity index (χ0v) is 10.8. The molecule has 3 nitrogen and oxygen atoms in total. The van der Waals surface area contributed by atoms with Crippen LogP contribution in [0.3, 0.4) is 0 Å². The summed E-state index contributed by atoms with van der Waals surface area (Å²) in [7, 11) is 0. The molecule has 2 aromatic carbocycles. The first-order valence-corrected chi connectivity index (χ1v) is 6.25. The van der Waals surface area contributed by atoms with Crippen molar-refractivity contribution in [1.82, 2.24) is 9.97 Å². The normalized spacial score (nSPS) is 10.6. The highest BCUT2D eigenvalue weighted by molar-refractivity contribution is 5.63. The SMILES string of the molecule is O=c1cc(-c2ccccc2)nc(-c2cc(F)cc(F)c2)[nH]1. The van der Waals surface area contributed by atoms with E-state index in [0.29, 0.717) is 5.69 Å². The fourth-order valence-electron chi connectivity index (χ4n) is 2.04.